The number of hydrogen-bond acceptors (Lipinski definition) is 4. The maximum absolute atomic E-state index is 11.9. The highest BCUT2D eigenvalue weighted by atomic mass is 35.5. The molecule has 1 aromatic rings. The number of anilines is 1. The van der Waals surface area contributed by atoms with E-state index in [0.29, 0.717) is 11.1 Å². The molecule has 1 aromatic heterocycles. The Morgan fingerprint density at radius 2 is 2.05 bits per heavy atom. The number of carbonyl (C=O) groups is 1. The van der Waals surface area contributed by atoms with Gasteiger partial charge in [0.2, 0.25) is 5.91 Å². The zero-order chi connectivity index (χ0) is 13.9. The molecule has 1 aliphatic heterocycles. The van der Waals surface area contributed by atoms with Crippen LogP contribution in [0.4, 0.5) is 5.82 Å². The molecule has 5 nitrogen and oxygen atoms in total. The second-order valence-corrected chi connectivity index (χ2v) is 6.00. The number of halogens is 1. The van der Waals surface area contributed by atoms with Crippen LogP contribution in [0.15, 0.2) is 12.5 Å². The molecule has 0 aromatic carbocycles. The van der Waals surface area contributed by atoms with Crippen LogP contribution in [0, 0.1) is 5.92 Å². The van der Waals surface area contributed by atoms with Gasteiger partial charge in [-0.25, -0.2) is 9.97 Å². The van der Waals surface area contributed by atoms with E-state index < -0.39 is 0 Å². The lowest BCUT2D eigenvalue weighted by Gasteiger charge is -2.35. The van der Waals surface area contributed by atoms with Gasteiger partial charge >= 0.3 is 0 Å². The number of carbonyl (C=O) groups excluding carboxylic acids is 1. The van der Waals surface area contributed by atoms with Gasteiger partial charge in [0.15, 0.2) is 5.82 Å². The number of nitrogens with one attached hydrogen (secondary N) is 1. The summed E-state index contributed by atoms with van der Waals surface area (Å²) in [5.74, 6) is 1.31. The Morgan fingerprint density at radius 3 is 2.65 bits per heavy atom. The van der Waals surface area contributed by atoms with Crippen LogP contribution < -0.4 is 10.2 Å². The largest absolute Gasteiger partial charge is 0.355 e. The summed E-state index contributed by atoms with van der Waals surface area (Å²) >= 11 is 6.11. The molecular formula is C14H19ClN4O. The lowest BCUT2D eigenvalue weighted by molar-refractivity contribution is -0.128. The third kappa shape index (κ3) is 2.87. The number of amides is 1. The maximum atomic E-state index is 11.9. The molecule has 2 fully saturated rings. The third-order valence-corrected chi connectivity index (χ3v) is 4.53. The molecular weight excluding hydrogens is 276 g/mol. The van der Waals surface area contributed by atoms with Crippen LogP contribution in [0.3, 0.4) is 0 Å². The fourth-order valence-corrected chi connectivity index (χ4v) is 2.99. The zero-order valence-electron chi connectivity index (χ0n) is 11.4. The number of hydrogen-bond donors (Lipinski definition) is 1. The van der Waals surface area contributed by atoms with Crippen molar-refractivity contribution in [2.75, 3.05) is 18.0 Å². The molecule has 2 aliphatic rings. The van der Waals surface area contributed by atoms with Gasteiger partial charge in [-0.1, -0.05) is 18.0 Å². The van der Waals surface area contributed by atoms with Gasteiger partial charge in [0.05, 0.1) is 6.20 Å². The summed E-state index contributed by atoms with van der Waals surface area (Å²) in [4.78, 5) is 22.2. The number of piperidine rings is 1. The van der Waals surface area contributed by atoms with Gasteiger partial charge in [-0.05, 0) is 25.7 Å². The summed E-state index contributed by atoms with van der Waals surface area (Å²) in [7, 11) is 0. The molecule has 1 aliphatic carbocycles. The van der Waals surface area contributed by atoms with Crippen molar-refractivity contribution >= 4 is 23.3 Å². The minimum Gasteiger partial charge on any atom is -0.355 e. The first kappa shape index (κ1) is 13.6. The van der Waals surface area contributed by atoms with Gasteiger partial charge in [-0.3, -0.25) is 4.79 Å². The molecule has 108 valence electrons. The van der Waals surface area contributed by atoms with Crippen molar-refractivity contribution in [2.24, 2.45) is 5.92 Å². The standard InChI is InChI=1S/C14H19ClN4O/c15-12-8-16-9-17-13(12)19-6-4-11(5-7-19)18-14(20)10-2-1-3-10/h8-11H,1-7H2,(H,18,20). The van der Waals surface area contributed by atoms with Crippen molar-refractivity contribution in [3.63, 3.8) is 0 Å². The Kier molecular flexibility index (Phi) is 4.05. The molecule has 1 saturated heterocycles. The van der Waals surface area contributed by atoms with E-state index in [1.165, 1.54) is 12.7 Å². The van der Waals surface area contributed by atoms with Crippen molar-refractivity contribution in [1.82, 2.24) is 15.3 Å². The van der Waals surface area contributed by atoms with E-state index in [9.17, 15) is 4.79 Å². The van der Waals surface area contributed by atoms with Crippen LogP contribution in [0.1, 0.15) is 32.1 Å². The van der Waals surface area contributed by atoms with Crippen LogP contribution in [0.2, 0.25) is 5.02 Å². The van der Waals surface area contributed by atoms with Crippen molar-refractivity contribution in [3.05, 3.63) is 17.5 Å². The fourth-order valence-electron chi connectivity index (χ4n) is 2.76. The highest BCUT2D eigenvalue weighted by molar-refractivity contribution is 6.32. The molecule has 6 heteroatoms. The number of nitrogens with zero attached hydrogens (tertiary/aromatic N) is 3. The van der Waals surface area contributed by atoms with E-state index >= 15 is 0 Å². The monoisotopic (exact) mass is 294 g/mol. The van der Waals surface area contributed by atoms with E-state index in [1.54, 1.807) is 6.20 Å². The van der Waals surface area contributed by atoms with Crippen LogP contribution in [-0.2, 0) is 4.79 Å². The Bertz CT molecular complexity index is 484. The summed E-state index contributed by atoms with van der Waals surface area (Å²) in [6.07, 6.45) is 8.34. The lowest BCUT2D eigenvalue weighted by atomic mass is 9.84. The molecule has 1 saturated carbocycles. The molecule has 0 spiro atoms. The van der Waals surface area contributed by atoms with Crippen molar-refractivity contribution in [3.8, 4) is 0 Å². The fraction of sp³-hybridized carbons (Fsp3) is 0.643. The molecule has 20 heavy (non-hydrogen) atoms. The van der Waals surface area contributed by atoms with Crippen molar-refractivity contribution in [2.45, 2.75) is 38.1 Å². The van der Waals surface area contributed by atoms with Crippen molar-refractivity contribution < 1.29 is 4.79 Å². The molecule has 0 bridgehead atoms. The first-order valence-corrected chi connectivity index (χ1v) is 7.62. The normalized spacial score (nSPS) is 20.6. The summed E-state index contributed by atoms with van der Waals surface area (Å²) < 4.78 is 0. The van der Waals surface area contributed by atoms with Gasteiger partial charge in [-0.15, -0.1) is 0 Å². The summed E-state index contributed by atoms with van der Waals surface area (Å²) in [6.45, 7) is 1.73. The molecule has 0 atom stereocenters. The molecule has 0 unspecified atom stereocenters. The van der Waals surface area contributed by atoms with Gasteiger partial charge < -0.3 is 10.2 Å². The van der Waals surface area contributed by atoms with Crippen LogP contribution in [0.25, 0.3) is 0 Å². The molecule has 0 radical (unpaired) electrons. The molecule has 2 heterocycles. The molecule has 3 rings (SSSR count). The zero-order valence-corrected chi connectivity index (χ0v) is 12.1. The van der Waals surface area contributed by atoms with Crippen LogP contribution in [-0.4, -0.2) is 35.0 Å². The average Bonchev–Trinajstić information content (AvgIpc) is 2.38. The molecule has 1 N–H and O–H groups in total. The van der Waals surface area contributed by atoms with Crippen molar-refractivity contribution in [1.29, 1.82) is 0 Å². The predicted molar refractivity (Wildman–Crippen MR) is 77.8 cm³/mol. The quantitative estimate of drug-likeness (QED) is 0.926. The minimum atomic E-state index is 0.245. The second-order valence-electron chi connectivity index (χ2n) is 5.59. The highest BCUT2D eigenvalue weighted by Crippen LogP contribution is 2.28. The Labute approximate surface area is 123 Å². The maximum Gasteiger partial charge on any atom is 0.223 e. The van der Waals surface area contributed by atoms with Crippen LogP contribution >= 0.6 is 11.6 Å². The first-order valence-electron chi connectivity index (χ1n) is 7.25. The van der Waals surface area contributed by atoms with E-state index in [-0.39, 0.29) is 11.8 Å². The summed E-state index contributed by atoms with van der Waals surface area (Å²) in [6, 6.07) is 0.292. The van der Waals surface area contributed by atoms with Gasteiger partial charge in [0.25, 0.3) is 0 Å². The summed E-state index contributed by atoms with van der Waals surface area (Å²) in [5, 5.41) is 3.76. The van der Waals surface area contributed by atoms with Gasteiger partial charge in [0, 0.05) is 25.0 Å². The van der Waals surface area contributed by atoms with E-state index in [1.807, 2.05) is 0 Å². The second kappa shape index (κ2) is 5.95. The molecule has 1 amide bonds. The lowest BCUT2D eigenvalue weighted by Crippen LogP contribution is -2.47. The van der Waals surface area contributed by atoms with Gasteiger partial charge in [-0.2, -0.15) is 0 Å². The Morgan fingerprint density at radius 1 is 1.30 bits per heavy atom. The minimum absolute atomic E-state index is 0.245. The average molecular weight is 295 g/mol. The van der Waals surface area contributed by atoms with E-state index in [4.69, 9.17) is 11.6 Å². The Hall–Kier alpha value is -1.36. The Balaban J connectivity index is 1.52. The number of aromatic nitrogens is 2. The predicted octanol–water partition coefficient (Wildman–Crippen LogP) is 2.02. The van der Waals surface area contributed by atoms with E-state index in [2.05, 4.69) is 20.2 Å². The first-order chi connectivity index (χ1) is 9.74. The topological polar surface area (TPSA) is 58.1 Å². The highest BCUT2D eigenvalue weighted by Gasteiger charge is 2.28. The smallest absolute Gasteiger partial charge is 0.223 e. The summed E-state index contributed by atoms with van der Waals surface area (Å²) in [5.41, 5.74) is 0. The third-order valence-electron chi connectivity index (χ3n) is 4.27. The number of rotatable bonds is 3. The SMILES string of the molecule is O=C(NC1CCN(c2ncncc2Cl)CC1)C1CCC1. The van der Waals surface area contributed by atoms with Crippen LogP contribution in [0.5, 0.6) is 0 Å². The van der Waals surface area contributed by atoms with Gasteiger partial charge in [0.1, 0.15) is 11.3 Å². The van der Waals surface area contributed by atoms with E-state index in [0.717, 1.165) is 44.6 Å².